The molecule has 0 saturated heterocycles. The molecule has 0 amide bonds. The molecule has 5 heteroatoms. The van der Waals surface area contributed by atoms with Crippen molar-refractivity contribution in [1.82, 2.24) is 9.55 Å². The van der Waals surface area contributed by atoms with Crippen LogP contribution in [0.15, 0.2) is 17.2 Å². The molecule has 108 valence electrons. The van der Waals surface area contributed by atoms with E-state index in [0.29, 0.717) is 11.8 Å². The van der Waals surface area contributed by atoms with Gasteiger partial charge < -0.3 is 0 Å². The second-order valence-electron chi connectivity index (χ2n) is 4.96. The Bertz CT molecular complexity index is 657. The number of aryl methyl sites for hydroxylation is 1. The molecule has 20 heavy (non-hydrogen) atoms. The minimum absolute atomic E-state index is 0.102. The highest BCUT2D eigenvalue weighted by molar-refractivity contribution is 7.18. The number of nitrogens with zero attached hydrogens (tertiary/aromatic N) is 2. The van der Waals surface area contributed by atoms with Gasteiger partial charge in [-0.25, -0.2) is 4.98 Å². The smallest absolute Gasteiger partial charge is 0.262 e. The predicted molar refractivity (Wildman–Crippen MR) is 82.4 cm³/mol. The fourth-order valence-corrected chi connectivity index (χ4v) is 3.06. The topological polar surface area (TPSA) is 52.0 Å². The second-order valence-corrected chi connectivity index (χ2v) is 6.07. The van der Waals surface area contributed by atoms with Gasteiger partial charge in [0.25, 0.3) is 5.56 Å². The van der Waals surface area contributed by atoms with E-state index >= 15 is 0 Å². The number of fused-ring (bicyclic) bond motifs is 1. The van der Waals surface area contributed by atoms with Crippen molar-refractivity contribution in [2.45, 2.75) is 52.5 Å². The van der Waals surface area contributed by atoms with Crippen LogP contribution in [0.1, 0.15) is 44.4 Å². The van der Waals surface area contributed by atoms with Crippen LogP contribution >= 0.6 is 11.3 Å². The van der Waals surface area contributed by atoms with E-state index in [1.165, 1.54) is 10.9 Å². The van der Waals surface area contributed by atoms with Crippen LogP contribution in [0.3, 0.4) is 0 Å². The third-order valence-corrected chi connectivity index (χ3v) is 4.51. The summed E-state index contributed by atoms with van der Waals surface area (Å²) in [5.74, 6) is 0.104. The SMILES string of the molecule is CCCCCC(=O)Cn1cnc2sc(CC)cc2c1=O. The number of carbonyl (C=O) groups is 1. The Kier molecular flexibility index (Phi) is 5.06. The van der Waals surface area contributed by atoms with Crippen molar-refractivity contribution in [2.24, 2.45) is 0 Å². The first-order valence-electron chi connectivity index (χ1n) is 7.15. The van der Waals surface area contributed by atoms with E-state index in [1.54, 1.807) is 11.3 Å². The average Bonchev–Trinajstić information content (AvgIpc) is 2.86. The van der Waals surface area contributed by atoms with Crippen LogP contribution in [-0.2, 0) is 17.8 Å². The number of ketones is 1. The first-order chi connectivity index (χ1) is 9.65. The summed E-state index contributed by atoms with van der Waals surface area (Å²) in [6.07, 6.45) is 5.99. The summed E-state index contributed by atoms with van der Waals surface area (Å²) >= 11 is 1.55. The van der Waals surface area contributed by atoms with E-state index < -0.39 is 0 Å². The Labute approximate surface area is 122 Å². The molecule has 0 N–H and O–H groups in total. The molecule has 2 aromatic rings. The van der Waals surface area contributed by atoms with E-state index in [9.17, 15) is 9.59 Å². The fourth-order valence-electron chi connectivity index (χ4n) is 2.14. The van der Waals surface area contributed by atoms with Gasteiger partial charge in [-0.2, -0.15) is 0 Å². The van der Waals surface area contributed by atoms with Crippen LogP contribution in [-0.4, -0.2) is 15.3 Å². The zero-order valence-corrected chi connectivity index (χ0v) is 12.8. The lowest BCUT2D eigenvalue weighted by Crippen LogP contribution is -2.24. The summed E-state index contributed by atoms with van der Waals surface area (Å²) in [5, 5.41) is 0.635. The van der Waals surface area contributed by atoms with E-state index in [-0.39, 0.29) is 17.9 Å². The first-order valence-corrected chi connectivity index (χ1v) is 7.97. The van der Waals surface area contributed by atoms with Gasteiger partial charge in [-0.05, 0) is 18.9 Å². The molecule has 0 aliphatic rings. The maximum Gasteiger partial charge on any atom is 0.262 e. The van der Waals surface area contributed by atoms with Crippen LogP contribution < -0.4 is 5.56 Å². The fraction of sp³-hybridized carbons (Fsp3) is 0.533. The summed E-state index contributed by atoms with van der Waals surface area (Å²) in [7, 11) is 0. The normalized spacial score (nSPS) is 11.1. The summed E-state index contributed by atoms with van der Waals surface area (Å²) in [6.45, 7) is 4.30. The molecule has 0 spiro atoms. The van der Waals surface area contributed by atoms with Crippen molar-refractivity contribution in [3.63, 3.8) is 0 Å². The van der Waals surface area contributed by atoms with Crippen molar-refractivity contribution in [1.29, 1.82) is 0 Å². The number of carbonyl (C=O) groups excluding carboxylic acids is 1. The van der Waals surface area contributed by atoms with E-state index in [1.807, 2.05) is 6.07 Å². The van der Waals surface area contributed by atoms with Crippen molar-refractivity contribution in [3.05, 3.63) is 27.6 Å². The van der Waals surface area contributed by atoms with Gasteiger partial charge in [-0.3, -0.25) is 14.2 Å². The molecule has 0 radical (unpaired) electrons. The van der Waals surface area contributed by atoms with Crippen LogP contribution in [0, 0.1) is 0 Å². The van der Waals surface area contributed by atoms with E-state index in [4.69, 9.17) is 0 Å². The number of aromatic nitrogens is 2. The summed E-state index contributed by atoms with van der Waals surface area (Å²) in [4.78, 5) is 30.4. The molecule has 0 atom stereocenters. The van der Waals surface area contributed by atoms with Gasteiger partial charge in [-0.15, -0.1) is 11.3 Å². The van der Waals surface area contributed by atoms with E-state index in [2.05, 4.69) is 18.8 Å². The molecular weight excluding hydrogens is 272 g/mol. The second kappa shape index (κ2) is 6.79. The van der Waals surface area contributed by atoms with Crippen LogP contribution in [0.5, 0.6) is 0 Å². The van der Waals surface area contributed by atoms with Crippen LogP contribution in [0.25, 0.3) is 10.2 Å². The maximum absolute atomic E-state index is 12.3. The molecule has 4 nitrogen and oxygen atoms in total. The van der Waals surface area contributed by atoms with Gasteiger partial charge in [0, 0.05) is 11.3 Å². The van der Waals surface area contributed by atoms with Crippen molar-refractivity contribution in [3.8, 4) is 0 Å². The highest BCUT2D eigenvalue weighted by Crippen LogP contribution is 2.20. The number of hydrogen-bond donors (Lipinski definition) is 0. The third-order valence-electron chi connectivity index (χ3n) is 3.32. The molecule has 2 rings (SSSR count). The Balaban J connectivity index is 2.16. The molecule has 0 aliphatic carbocycles. The van der Waals surface area contributed by atoms with Gasteiger partial charge in [0.2, 0.25) is 0 Å². The summed E-state index contributed by atoms with van der Waals surface area (Å²) in [6, 6.07) is 1.90. The molecule has 0 aromatic carbocycles. The zero-order valence-electron chi connectivity index (χ0n) is 12.0. The maximum atomic E-state index is 12.3. The number of thiophene rings is 1. The zero-order chi connectivity index (χ0) is 14.5. The Morgan fingerprint density at radius 2 is 2.15 bits per heavy atom. The number of rotatable bonds is 7. The minimum Gasteiger partial charge on any atom is -0.298 e. The largest absolute Gasteiger partial charge is 0.298 e. The van der Waals surface area contributed by atoms with Crippen molar-refractivity contribution in [2.75, 3.05) is 0 Å². The lowest BCUT2D eigenvalue weighted by molar-refractivity contribution is -0.119. The minimum atomic E-state index is -0.102. The first kappa shape index (κ1) is 14.9. The highest BCUT2D eigenvalue weighted by Gasteiger charge is 2.10. The lowest BCUT2D eigenvalue weighted by atomic mass is 10.1. The lowest BCUT2D eigenvalue weighted by Gasteiger charge is -2.04. The number of unbranched alkanes of at least 4 members (excludes halogenated alkanes) is 2. The monoisotopic (exact) mass is 292 g/mol. The molecule has 0 aliphatic heterocycles. The molecule has 0 unspecified atom stereocenters. The van der Waals surface area contributed by atoms with Crippen molar-refractivity contribution >= 4 is 27.3 Å². The third kappa shape index (κ3) is 3.33. The standard InChI is InChI=1S/C15H20N2O2S/c1-3-5-6-7-11(18)9-17-10-16-14-13(15(17)19)8-12(4-2)20-14/h8,10H,3-7,9H2,1-2H3. The van der Waals surface area contributed by atoms with Gasteiger partial charge >= 0.3 is 0 Å². The number of hydrogen-bond acceptors (Lipinski definition) is 4. The average molecular weight is 292 g/mol. The Morgan fingerprint density at radius 1 is 1.35 bits per heavy atom. The molecular formula is C15H20N2O2S. The molecule has 0 bridgehead atoms. The van der Waals surface area contributed by atoms with Gasteiger partial charge in [0.05, 0.1) is 18.3 Å². The van der Waals surface area contributed by atoms with Crippen LogP contribution in [0.4, 0.5) is 0 Å². The molecule has 2 aromatic heterocycles. The van der Waals surface area contributed by atoms with Gasteiger partial charge in [0.15, 0.2) is 5.78 Å². The Morgan fingerprint density at radius 3 is 2.85 bits per heavy atom. The summed E-state index contributed by atoms with van der Waals surface area (Å²) in [5.41, 5.74) is -0.102. The quantitative estimate of drug-likeness (QED) is 0.737. The van der Waals surface area contributed by atoms with Gasteiger partial charge in [0.1, 0.15) is 4.83 Å². The molecule has 0 saturated carbocycles. The number of Topliss-reactive ketones (excluding diaryl/α,β-unsaturated/α-hetero) is 1. The molecule has 2 heterocycles. The van der Waals surface area contributed by atoms with Crippen molar-refractivity contribution < 1.29 is 4.79 Å². The van der Waals surface area contributed by atoms with Gasteiger partial charge in [-0.1, -0.05) is 26.7 Å². The Hall–Kier alpha value is -1.49. The molecule has 0 fully saturated rings. The summed E-state index contributed by atoms with van der Waals surface area (Å²) < 4.78 is 1.43. The predicted octanol–water partition coefficient (Wildman–Crippen LogP) is 3.17. The highest BCUT2D eigenvalue weighted by atomic mass is 32.1. The van der Waals surface area contributed by atoms with Crippen LogP contribution in [0.2, 0.25) is 0 Å². The van der Waals surface area contributed by atoms with E-state index in [0.717, 1.165) is 35.4 Å².